The van der Waals surface area contributed by atoms with Crippen LogP contribution in [0.2, 0.25) is 0 Å². The molecule has 4 rings (SSSR count). The van der Waals surface area contributed by atoms with Crippen LogP contribution in [-0.2, 0) is 11.2 Å². The Morgan fingerprint density at radius 1 is 0.893 bits per heavy atom. The standard InChI is InChI=1S/C21H16FN5O/c22-17-3-1-16(2-4-17)20-19(15-7-11-24-12-8-15)21(27-26-20)25-18(28)13-14-5-9-23-10-6-14/h1-12H,13H2,(H2,25,26,27,28). The molecular formula is C21H16FN5O. The van der Waals surface area contributed by atoms with Gasteiger partial charge in [-0.1, -0.05) is 0 Å². The van der Waals surface area contributed by atoms with Crippen LogP contribution < -0.4 is 5.32 Å². The fourth-order valence-electron chi connectivity index (χ4n) is 2.92. The van der Waals surface area contributed by atoms with Gasteiger partial charge in [0.2, 0.25) is 5.91 Å². The summed E-state index contributed by atoms with van der Waals surface area (Å²) in [7, 11) is 0. The van der Waals surface area contributed by atoms with Gasteiger partial charge in [0.25, 0.3) is 0 Å². The third kappa shape index (κ3) is 3.78. The van der Waals surface area contributed by atoms with E-state index in [4.69, 9.17) is 0 Å². The van der Waals surface area contributed by atoms with E-state index >= 15 is 0 Å². The first kappa shape index (κ1) is 17.5. The second-order valence-corrected chi connectivity index (χ2v) is 6.15. The number of H-pyrrole nitrogens is 1. The highest BCUT2D eigenvalue weighted by Gasteiger charge is 2.18. The summed E-state index contributed by atoms with van der Waals surface area (Å²) in [6, 6.07) is 13.3. The van der Waals surface area contributed by atoms with Crippen LogP contribution in [0, 0.1) is 5.82 Å². The number of rotatable bonds is 5. The van der Waals surface area contributed by atoms with Crippen molar-refractivity contribution < 1.29 is 9.18 Å². The van der Waals surface area contributed by atoms with Gasteiger partial charge in [-0.2, -0.15) is 5.10 Å². The molecule has 0 radical (unpaired) electrons. The highest BCUT2D eigenvalue weighted by Crippen LogP contribution is 2.35. The number of nitrogens with one attached hydrogen (secondary N) is 2. The number of pyridine rings is 2. The van der Waals surface area contributed by atoms with Crippen LogP contribution in [-0.4, -0.2) is 26.1 Å². The van der Waals surface area contributed by atoms with Crippen LogP contribution in [0.3, 0.4) is 0 Å². The van der Waals surface area contributed by atoms with Gasteiger partial charge in [0, 0.05) is 30.4 Å². The third-order valence-corrected chi connectivity index (χ3v) is 4.24. The number of aromatic nitrogens is 4. The van der Waals surface area contributed by atoms with Crippen molar-refractivity contribution in [2.24, 2.45) is 0 Å². The van der Waals surface area contributed by atoms with Crippen LogP contribution in [0.25, 0.3) is 22.4 Å². The van der Waals surface area contributed by atoms with E-state index in [9.17, 15) is 9.18 Å². The van der Waals surface area contributed by atoms with E-state index in [-0.39, 0.29) is 18.1 Å². The molecule has 0 bridgehead atoms. The molecule has 138 valence electrons. The van der Waals surface area contributed by atoms with Crippen molar-refractivity contribution in [3.63, 3.8) is 0 Å². The van der Waals surface area contributed by atoms with Crippen LogP contribution in [0.5, 0.6) is 0 Å². The van der Waals surface area contributed by atoms with Crippen LogP contribution >= 0.6 is 0 Å². The molecular weight excluding hydrogens is 357 g/mol. The van der Waals surface area contributed by atoms with Gasteiger partial charge in [-0.3, -0.25) is 19.9 Å². The predicted octanol–water partition coefficient (Wildman–Crippen LogP) is 3.85. The molecule has 4 aromatic rings. The number of amides is 1. The van der Waals surface area contributed by atoms with Gasteiger partial charge >= 0.3 is 0 Å². The third-order valence-electron chi connectivity index (χ3n) is 4.24. The lowest BCUT2D eigenvalue weighted by molar-refractivity contribution is -0.115. The molecule has 3 heterocycles. The Kier molecular flexibility index (Phi) is 4.88. The molecule has 1 aromatic carbocycles. The summed E-state index contributed by atoms with van der Waals surface area (Å²) in [4.78, 5) is 20.5. The minimum atomic E-state index is -0.320. The number of halogens is 1. The number of aromatic amines is 1. The van der Waals surface area contributed by atoms with Crippen LogP contribution in [0.1, 0.15) is 5.56 Å². The highest BCUT2D eigenvalue weighted by molar-refractivity contribution is 5.98. The van der Waals surface area contributed by atoms with E-state index in [1.807, 2.05) is 12.1 Å². The Balaban J connectivity index is 1.69. The zero-order chi connectivity index (χ0) is 19.3. The predicted molar refractivity (Wildman–Crippen MR) is 104 cm³/mol. The van der Waals surface area contributed by atoms with Crippen molar-refractivity contribution in [2.75, 3.05) is 5.32 Å². The van der Waals surface area contributed by atoms with Gasteiger partial charge in [0.1, 0.15) is 5.82 Å². The molecule has 0 aliphatic heterocycles. The molecule has 0 aliphatic rings. The van der Waals surface area contributed by atoms with E-state index in [1.165, 1.54) is 12.1 Å². The fourth-order valence-corrected chi connectivity index (χ4v) is 2.92. The van der Waals surface area contributed by atoms with Crippen molar-refractivity contribution in [1.29, 1.82) is 0 Å². The molecule has 0 aliphatic carbocycles. The monoisotopic (exact) mass is 373 g/mol. The van der Waals surface area contributed by atoms with Crippen molar-refractivity contribution in [3.8, 4) is 22.4 Å². The zero-order valence-electron chi connectivity index (χ0n) is 14.8. The maximum atomic E-state index is 13.3. The number of nitrogens with zero attached hydrogens (tertiary/aromatic N) is 3. The maximum absolute atomic E-state index is 13.3. The van der Waals surface area contributed by atoms with Crippen molar-refractivity contribution in [2.45, 2.75) is 6.42 Å². The average Bonchev–Trinajstić information content (AvgIpc) is 3.13. The first-order valence-electron chi connectivity index (χ1n) is 8.64. The largest absolute Gasteiger partial charge is 0.308 e. The molecule has 3 aromatic heterocycles. The van der Waals surface area contributed by atoms with Crippen LogP contribution in [0.4, 0.5) is 10.2 Å². The minimum absolute atomic E-state index is 0.196. The molecule has 0 atom stereocenters. The van der Waals surface area contributed by atoms with E-state index in [0.717, 1.165) is 22.3 Å². The Morgan fingerprint density at radius 3 is 2.21 bits per heavy atom. The lowest BCUT2D eigenvalue weighted by Gasteiger charge is -2.08. The molecule has 1 amide bonds. The number of benzene rings is 1. The summed E-state index contributed by atoms with van der Waals surface area (Å²) in [5.41, 5.74) is 3.85. The Hall–Kier alpha value is -3.87. The first-order chi connectivity index (χ1) is 13.7. The lowest BCUT2D eigenvalue weighted by atomic mass is 10.0. The minimum Gasteiger partial charge on any atom is -0.308 e. The van der Waals surface area contributed by atoms with Gasteiger partial charge in [-0.25, -0.2) is 4.39 Å². The van der Waals surface area contributed by atoms with Gasteiger partial charge in [-0.05, 0) is 59.7 Å². The number of hydrogen-bond donors (Lipinski definition) is 2. The quantitative estimate of drug-likeness (QED) is 0.556. The van der Waals surface area contributed by atoms with E-state index in [0.29, 0.717) is 11.5 Å². The summed E-state index contributed by atoms with van der Waals surface area (Å²) in [6.07, 6.45) is 6.83. The summed E-state index contributed by atoms with van der Waals surface area (Å²) < 4.78 is 13.3. The molecule has 28 heavy (non-hydrogen) atoms. The zero-order valence-corrected chi connectivity index (χ0v) is 14.8. The van der Waals surface area contributed by atoms with Gasteiger partial charge < -0.3 is 5.32 Å². The Morgan fingerprint density at radius 2 is 1.54 bits per heavy atom. The van der Waals surface area contributed by atoms with E-state index in [2.05, 4.69) is 25.5 Å². The molecule has 0 spiro atoms. The maximum Gasteiger partial charge on any atom is 0.230 e. The van der Waals surface area contributed by atoms with Gasteiger partial charge in [-0.15, -0.1) is 0 Å². The molecule has 7 heteroatoms. The molecule has 6 nitrogen and oxygen atoms in total. The average molecular weight is 373 g/mol. The van der Waals surface area contributed by atoms with Gasteiger partial charge in [0.05, 0.1) is 17.7 Å². The number of carbonyl (C=O) groups is 1. The number of anilines is 1. The lowest BCUT2D eigenvalue weighted by Crippen LogP contribution is -2.15. The molecule has 2 N–H and O–H groups in total. The normalized spacial score (nSPS) is 10.6. The van der Waals surface area contributed by atoms with Crippen molar-refractivity contribution in [3.05, 3.63) is 84.7 Å². The SMILES string of the molecule is O=C(Cc1ccncc1)Nc1n[nH]c(-c2ccc(F)cc2)c1-c1ccncc1. The number of hydrogen-bond acceptors (Lipinski definition) is 4. The fraction of sp³-hybridized carbons (Fsp3) is 0.0476. The van der Waals surface area contributed by atoms with Gasteiger partial charge in [0.15, 0.2) is 5.82 Å². The molecule has 0 saturated carbocycles. The highest BCUT2D eigenvalue weighted by atomic mass is 19.1. The topological polar surface area (TPSA) is 83.6 Å². The van der Waals surface area contributed by atoms with E-state index < -0.39 is 0 Å². The first-order valence-corrected chi connectivity index (χ1v) is 8.64. The summed E-state index contributed by atoms with van der Waals surface area (Å²) in [5, 5.41) is 10.1. The van der Waals surface area contributed by atoms with E-state index in [1.54, 1.807) is 49.1 Å². The second-order valence-electron chi connectivity index (χ2n) is 6.15. The second kappa shape index (κ2) is 7.79. The van der Waals surface area contributed by atoms with Crippen molar-refractivity contribution in [1.82, 2.24) is 20.2 Å². The Bertz CT molecular complexity index is 1080. The molecule has 0 unspecified atom stereocenters. The van der Waals surface area contributed by atoms with Crippen LogP contribution in [0.15, 0.2) is 73.3 Å². The summed E-state index contributed by atoms with van der Waals surface area (Å²) in [5.74, 6) is -0.108. The number of carbonyl (C=O) groups excluding carboxylic acids is 1. The Labute approximate surface area is 160 Å². The molecule has 0 saturated heterocycles. The smallest absolute Gasteiger partial charge is 0.230 e. The van der Waals surface area contributed by atoms with Crippen molar-refractivity contribution >= 4 is 11.7 Å². The molecule has 0 fully saturated rings. The summed E-state index contributed by atoms with van der Waals surface area (Å²) in [6.45, 7) is 0. The summed E-state index contributed by atoms with van der Waals surface area (Å²) >= 11 is 0.